The number of fused-ring (bicyclic) bond motifs is 12. The van der Waals surface area contributed by atoms with Gasteiger partial charge in [0.15, 0.2) is 17.5 Å². The normalized spacial score (nSPS) is 12.1. The third kappa shape index (κ3) is 4.46. The number of furan rings is 3. The van der Waals surface area contributed by atoms with Gasteiger partial charge in [-0.3, -0.25) is 0 Å². The first-order valence-electron chi connectivity index (χ1n) is 19.3. The molecule has 0 N–H and O–H groups in total. The maximum atomic E-state index is 6.56. The van der Waals surface area contributed by atoms with Crippen LogP contribution in [0.15, 0.2) is 183 Å². The van der Waals surface area contributed by atoms with Crippen LogP contribution in [-0.4, -0.2) is 19.5 Å². The van der Waals surface area contributed by atoms with Crippen LogP contribution in [0.3, 0.4) is 0 Å². The molecule has 13 aromatic rings. The first kappa shape index (κ1) is 31.2. The highest BCUT2D eigenvalue weighted by molar-refractivity contribution is 6.15. The van der Waals surface area contributed by atoms with Crippen molar-refractivity contribution in [1.29, 1.82) is 0 Å². The zero-order chi connectivity index (χ0) is 37.9. The Balaban J connectivity index is 1.07. The second-order valence-electron chi connectivity index (χ2n) is 14.7. The monoisotopic (exact) mass is 744 g/mol. The third-order valence-corrected chi connectivity index (χ3v) is 11.5. The smallest absolute Gasteiger partial charge is 0.164 e. The minimum absolute atomic E-state index is 0.530. The van der Waals surface area contributed by atoms with Gasteiger partial charge in [-0.1, -0.05) is 103 Å². The Morgan fingerprint density at radius 3 is 1.52 bits per heavy atom. The van der Waals surface area contributed by atoms with E-state index >= 15 is 0 Å². The summed E-state index contributed by atoms with van der Waals surface area (Å²) >= 11 is 0. The molecule has 8 aromatic carbocycles. The van der Waals surface area contributed by atoms with E-state index in [4.69, 9.17) is 28.2 Å². The molecule has 0 fully saturated rings. The van der Waals surface area contributed by atoms with Crippen molar-refractivity contribution < 1.29 is 13.3 Å². The van der Waals surface area contributed by atoms with E-state index in [1.165, 1.54) is 10.8 Å². The van der Waals surface area contributed by atoms with Gasteiger partial charge in [0.1, 0.15) is 33.5 Å². The molecule has 13 rings (SSSR count). The van der Waals surface area contributed by atoms with E-state index in [2.05, 4.69) is 108 Å². The molecule has 0 bridgehead atoms. The number of hydrogen-bond donors (Lipinski definition) is 0. The second-order valence-corrected chi connectivity index (χ2v) is 14.7. The lowest BCUT2D eigenvalue weighted by Crippen LogP contribution is -2.00. The molecular weight excluding hydrogens is 717 g/mol. The Morgan fingerprint density at radius 2 is 0.828 bits per heavy atom. The van der Waals surface area contributed by atoms with Crippen molar-refractivity contribution in [2.24, 2.45) is 0 Å². The Kier molecular flexibility index (Phi) is 6.32. The van der Waals surface area contributed by atoms with E-state index in [0.717, 1.165) is 99.2 Å². The van der Waals surface area contributed by atoms with Crippen molar-refractivity contribution in [2.45, 2.75) is 0 Å². The molecule has 5 heterocycles. The molecule has 0 aliphatic rings. The molecule has 0 radical (unpaired) electrons. The highest BCUT2D eigenvalue weighted by Gasteiger charge is 2.22. The average molecular weight is 745 g/mol. The van der Waals surface area contributed by atoms with E-state index in [1.807, 2.05) is 66.7 Å². The molecule has 0 aliphatic heterocycles. The first-order valence-corrected chi connectivity index (χ1v) is 19.3. The van der Waals surface area contributed by atoms with Crippen molar-refractivity contribution >= 4 is 87.6 Å². The SMILES string of the molecule is c1ccc2c(c1)oc1cc(-c3nc(-c4cccc5oc6ccccc6c45)nc(-c4cccc5oc6ccc(-n7c8ccccc8c8ccccc87)cc6c45)n3)ccc12. The van der Waals surface area contributed by atoms with E-state index in [9.17, 15) is 0 Å². The van der Waals surface area contributed by atoms with Crippen LogP contribution in [0.2, 0.25) is 0 Å². The van der Waals surface area contributed by atoms with Crippen LogP contribution in [0.5, 0.6) is 0 Å². The van der Waals surface area contributed by atoms with Gasteiger partial charge in [-0.2, -0.15) is 0 Å². The van der Waals surface area contributed by atoms with E-state index in [0.29, 0.717) is 17.5 Å². The van der Waals surface area contributed by atoms with E-state index < -0.39 is 0 Å². The molecule has 5 aromatic heterocycles. The largest absolute Gasteiger partial charge is 0.456 e. The maximum absolute atomic E-state index is 6.56. The van der Waals surface area contributed by atoms with Crippen molar-refractivity contribution in [1.82, 2.24) is 19.5 Å². The summed E-state index contributed by atoms with van der Waals surface area (Å²) in [5, 5.41) is 8.39. The van der Waals surface area contributed by atoms with Crippen LogP contribution in [-0.2, 0) is 0 Å². The van der Waals surface area contributed by atoms with Gasteiger partial charge < -0.3 is 17.8 Å². The predicted molar refractivity (Wildman–Crippen MR) is 232 cm³/mol. The van der Waals surface area contributed by atoms with Crippen LogP contribution < -0.4 is 0 Å². The lowest BCUT2D eigenvalue weighted by molar-refractivity contribution is 0.668. The molecule has 0 aliphatic carbocycles. The van der Waals surface area contributed by atoms with Crippen molar-refractivity contribution in [3.63, 3.8) is 0 Å². The molecule has 0 spiro atoms. The summed E-state index contributed by atoms with van der Waals surface area (Å²) in [7, 11) is 0. The summed E-state index contributed by atoms with van der Waals surface area (Å²) < 4.78 is 21.5. The number of rotatable bonds is 4. The van der Waals surface area contributed by atoms with Crippen LogP contribution in [0, 0.1) is 0 Å². The summed E-state index contributed by atoms with van der Waals surface area (Å²) in [5.41, 5.74) is 10.6. The predicted octanol–water partition coefficient (Wildman–Crippen LogP) is 13.7. The van der Waals surface area contributed by atoms with Crippen LogP contribution in [0.1, 0.15) is 0 Å². The van der Waals surface area contributed by atoms with Crippen LogP contribution >= 0.6 is 0 Å². The summed E-state index contributed by atoms with van der Waals surface area (Å²) in [6.45, 7) is 0. The van der Waals surface area contributed by atoms with Gasteiger partial charge in [-0.25, -0.2) is 15.0 Å². The molecule has 0 saturated carbocycles. The minimum Gasteiger partial charge on any atom is -0.456 e. The highest BCUT2D eigenvalue weighted by atomic mass is 16.3. The van der Waals surface area contributed by atoms with Crippen LogP contribution in [0.4, 0.5) is 0 Å². The Morgan fingerprint density at radius 1 is 0.328 bits per heavy atom. The molecule has 270 valence electrons. The summed E-state index contributed by atoms with van der Waals surface area (Å²) in [6, 6.07) is 58.0. The molecular formula is C51H28N4O3. The van der Waals surface area contributed by atoms with Gasteiger partial charge in [0.05, 0.1) is 11.0 Å². The van der Waals surface area contributed by atoms with Gasteiger partial charge in [-0.15, -0.1) is 0 Å². The number of benzene rings is 8. The fourth-order valence-corrected chi connectivity index (χ4v) is 8.91. The second kappa shape index (κ2) is 11.7. The maximum Gasteiger partial charge on any atom is 0.164 e. The Labute approximate surface area is 329 Å². The Hall–Kier alpha value is -8.03. The summed E-state index contributed by atoms with van der Waals surface area (Å²) in [4.78, 5) is 15.7. The van der Waals surface area contributed by atoms with Gasteiger partial charge >= 0.3 is 0 Å². The molecule has 0 amide bonds. The highest BCUT2D eigenvalue weighted by Crippen LogP contribution is 2.41. The molecule has 0 unspecified atom stereocenters. The van der Waals surface area contributed by atoms with Crippen molar-refractivity contribution in [3.8, 4) is 39.9 Å². The third-order valence-electron chi connectivity index (χ3n) is 11.5. The lowest BCUT2D eigenvalue weighted by atomic mass is 10.0. The zero-order valence-electron chi connectivity index (χ0n) is 30.7. The topological polar surface area (TPSA) is 83.0 Å². The van der Waals surface area contributed by atoms with E-state index in [1.54, 1.807) is 0 Å². The van der Waals surface area contributed by atoms with E-state index in [-0.39, 0.29) is 0 Å². The molecule has 7 heteroatoms. The van der Waals surface area contributed by atoms with Gasteiger partial charge in [-0.05, 0) is 66.7 Å². The summed E-state index contributed by atoms with van der Waals surface area (Å²) in [6.07, 6.45) is 0. The molecule has 0 saturated heterocycles. The lowest BCUT2D eigenvalue weighted by Gasteiger charge is -2.10. The van der Waals surface area contributed by atoms with Gasteiger partial charge in [0, 0.05) is 65.5 Å². The van der Waals surface area contributed by atoms with Crippen molar-refractivity contribution in [3.05, 3.63) is 170 Å². The minimum atomic E-state index is 0.530. The fraction of sp³-hybridized carbons (Fsp3) is 0. The molecule has 0 atom stereocenters. The number of aromatic nitrogens is 4. The summed E-state index contributed by atoms with van der Waals surface area (Å²) in [5.74, 6) is 1.60. The van der Waals surface area contributed by atoms with Gasteiger partial charge in [0.2, 0.25) is 0 Å². The quantitative estimate of drug-likeness (QED) is 0.178. The number of para-hydroxylation sites is 4. The number of nitrogens with zero attached hydrogens (tertiary/aromatic N) is 4. The fourth-order valence-electron chi connectivity index (χ4n) is 8.91. The first-order chi connectivity index (χ1) is 28.7. The molecule has 7 nitrogen and oxygen atoms in total. The number of hydrogen-bond acceptors (Lipinski definition) is 6. The molecule has 58 heavy (non-hydrogen) atoms. The van der Waals surface area contributed by atoms with Crippen LogP contribution in [0.25, 0.3) is 127 Å². The van der Waals surface area contributed by atoms with Gasteiger partial charge in [0.25, 0.3) is 0 Å². The Bertz CT molecular complexity index is 3770. The zero-order valence-corrected chi connectivity index (χ0v) is 30.7. The average Bonchev–Trinajstić information content (AvgIpc) is 4.04. The van der Waals surface area contributed by atoms with Crippen molar-refractivity contribution in [2.75, 3.05) is 0 Å². The standard InChI is InChI=1S/C51H28N4O3/c1-5-17-39-31(11-1)32-12-2-6-18-40(32)55(39)30-24-26-43-38(28-30)48-37(16-10-22-45(48)57-43)51-53-49(29-23-25-34-33-13-3-7-19-41(33)58-46(34)27-29)52-50(54-51)36-15-9-21-44-47(36)35-14-4-8-20-42(35)56-44/h1-28H.